The average molecular weight is 704 g/mol. The van der Waals surface area contributed by atoms with E-state index in [1.807, 2.05) is 109 Å². The molecule has 6 rings (SSSR count). The summed E-state index contributed by atoms with van der Waals surface area (Å²) in [5, 5.41) is 40.5. The van der Waals surface area contributed by atoms with E-state index < -0.39 is 17.3 Å². The fourth-order valence-corrected chi connectivity index (χ4v) is 5.53. The number of hydrogen-bond acceptors (Lipinski definition) is 5. The number of carbonyl (C=O) groups is 1. The van der Waals surface area contributed by atoms with Crippen molar-refractivity contribution in [1.82, 2.24) is 0 Å². The molecule has 7 heteroatoms. The van der Waals surface area contributed by atoms with Crippen LogP contribution in [-0.2, 0) is 16.0 Å². The zero-order valence-electron chi connectivity index (χ0n) is 27.3. The van der Waals surface area contributed by atoms with Crippen molar-refractivity contribution in [2.24, 2.45) is 0 Å². The minimum atomic E-state index is -1.60. The summed E-state index contributed by atoms with van der Waals surface area (Å²) < 4.78 is 0. The SMILES string of the molecule is CCO.O=C1C=CC(O)C1.OC(C#Cc1ccc(C#CC(O)(c2ccccc2)c2ccccc2Cl)cc1)(c1ccccc1)c1ccccc1Cl. The molecule has 0 spiro atoms. The molecule has 0 amide bonds. The van der Waals surface area contributed by atoms with Gasteiger partial charge in [0.05, 0.1) is 6.10 Å². The van der Waals surface area contributed by atoms with Crippen molar-refractivity contribution in [3.8, 4) is 23.7 Å². The second-order valence-corrected chi connectivity index (χ2v) is 11.9. The highest BCUT2D eigenvalue weighted by atomic mass is 35.5. The number of rotatable bonds is 4. The first-order chi connectivity index (χ1) is 24.1. The van der Waals surface area contributed by atoms with Crippen LogP contribution in [0.2, 0.25) is 10.0 Å². The summed E-state index contributed by atoms with van der Waals surface area (Å²) in [6.07, 6.45) is 2.68. The highest BCUT2D eigenvalue weighted by molar-refractivity contribution is 6.31. The summed E-state index contributed by atoms with van der Waals surface area (Å²) in [4.78, 5) is 10.2. The van der Waals surface area contributed by atoms with Gasteiger partial charge in [-0.1, -0.05) is 150 Å². The van der Waals surface area contributed by atoms with Crippen molar-refractivity contribution >= 4 is 29.0 Å². The van der Waals surface area contributed by atoms with Gasteiger partial charge in [0.15, 0.2) is 17.0 Å². The lowest BCUT2D eigenvalue weighted by Crippen LogP contribution is -2.25. The van der Waals surface area contributed by atoms with E-state index in [2.05, 4.69) is 23.7 Å². The Hall–Kier alpha value is -4.95. The molecule has 0 fully saturated rings. The fourth-order valence-electron chi connectivity index (χ4n) is 4.98. The van der Waals surface area contributed by atoms with Gasteiger partial charge in [-0.3, -0.25) is 4.79 Å². The first-order valence-electron chi connectivity index (χ1n) is 15.8. The fraction of sp³-hybridized carbons (Fsp3) is 0.140. The van der Waals surface area contributed by atoms with Crippen molar-refractivity contribution in [2.75, 3.05) is 6.61 Å². The van der Waals surface area contributed by atoms with Crippen LogP contribution in [0, 0.1) is 23.7 Å². The van der Waals surface area contributed by atoms with Gasteiger partial charge >= 0.3 is 0 Å². The van der Waals surface area contributed by atoms with E-state index in [-0.39, 0.29) is 18.8 Å². The zero-order chi connectivity index (χ0) is 36.0. The van der Waals surface area contributed by atoms with E-state index in [1.165, 1.54) is 12.2 Å². The number of aliphatic hydroxyl groups excluding tert-OH is 2. The average Bonchev–Trinajstić information content (AvgIpc) is 3.53. The molecular formula is C43H36Cl2O5. The molecule has 1 aliphatic carbocycles. The Morgan fingerprint density at radius 3 is 1.30 bits per heavy atom. The number of aliphatic hydroxyl groups is 4. The Morgan fingerprint density at radius 1 is 0.640 bits per heavy atom. The Bertz CT molecular complexity index is 1890. The minimum Gasteiger partial charge on any atom is -0.397 e. The Kier molecular flexibility index (Phi) is 13.8. The van der Waals surface area contributed by atoms with Gasteiger partial charge in [-0.2, -0.15) is 0 Å². The maximum atomic E-state index is 11.7. The lowest BCUT2D eigenvalue weighted by atomic mass is 9.86. The number of carbonyl (C=O) groups excluding carboxylic acids is 1. The van der Waals surface area contributed by atoms with Crippen LogP contribution in [0.15, 0.2) is 146 Å². The van der Waals surface area contributed by atoms with Crippen molar-refractivity contribution in [3.05, 3.63) is 189 Å². The van der Waals surface area contributed by atoms with E-state index >= 15 is 0 Å². The topological polar surface area (TPSA) is 98.0 Å². The third-order valence-electron chi connectivity index (χ3n) is 7.49. The van der Waals surface area contributed by atoms with Crippen LogP contribution in [0.25, 0.3) is 0 Å². The number of halogens is 2. The van der Waals surface area contributed by atoms with Crippen molar-refractivity contribution in [1.29, 1.82) is 0 Å². The van der Waals surface area contributed by atoms with E-state index in [0.29, 0.717) is 43.4 Å². The molecule has 0 aliphatic heterocycles. The summed E-state index contributed by atoms with van der Waals surface area (Å²) >= 11 is 12.9. The van der Waals surface area contributed by atoms with Crippen LogP contribution in [0.3, 0.4) is 0 Å². The number of benzene rings is 5. The van der Waals surface area contributed by atoms with Crippen LogP contribution in [-0.4, -0.2) is 38.9 Å². The summed E-state index contributed by atoms with van der Waals surface area (Å²) in [7, 11) is 0. The lowest BCUT2D eigenvalue weighted by Gasteiger charge is -2.24. The lowest BCUT2D eigenvalue weighted by molar-refractivity contribution is -0.114. The molecule has 0 saturated carbocycles. The molecule has 252 valence electrons. The predicted octanol–water partition coefficient (Wildman–Crippen LogP) is 7.44. The van der Waals surface area contributed by atoms with E-state index in [1.54, 1.807) is 31.2 Å². The van der Waals surface area contributed by atoms with Gasteiger partial charge in [0, 0.05) is 56.5 Å². The van der Waals surface area contributed by atoms with Crippen LogP contribution in [0.5, 0.6) is 0 Å². The van der Waals surface area contributed by atoms with Crippen LogP contribution < -0.4 is 0 Å². The monoisotopic (exact) mass is 702 g/mol. The first-order valence-corrected chi connectivity index (χ1v) is 16.6. The summed E-state index contributed by atoms with van der Waals surface area (Å²) in [5.74, 6) is 12.3. The molecule has 3 unspecified atom stereocenters. The second-order valence-electron chi connectivity index (χ2n) is 11.1. The van der Waals surface area contributed by atoms with Crippen molar-refractivity contribution in [2.45, 2.75) is 30.7 Å². The Morgan fingerprint density at radius 2 is 1.00 bits per heavy atom. The molecule has 5 aromatic rings. The molecule has 50 heavy (non-hydrogen) atoms. The maximum Gasteiger partial charge on any atom is 0.178 e. The van der Waals surface area contributed by atoms with Crippen LogP contribution in [0.1, 0.15) is 46.7 Å². The van der Waals surface area contributed by atoms with Gasteiger partial charge in [-0.15, -0.1) is 0 Å². The molecule has 1 aliphatic rings. The van der Waals surface area contributed by atoms with Gasteiger partial charge in [-0.25, -0.2) is 0 Å². The Labute approximate surface area is 303 Å². The van der Waals surface area contributed by atoms with Gasteiger partial charge < -0.3 is 20.4 Å². The predicted molar refractivity (Wildman–Crippen MR) is 200 cm³/mol. The molecule has 0 heterocycles. The maximum absolute atomic E-state index is 11.7. The molecular weight excluding hydrogens is 667 g/mol. The summed E-state index contributed by atoms with van der Waals surface area (Å²) in [5.41, 5.74) is 0.456. The zero-order valence-corrected chi connectivity index (χ0v) is 28.8. The molecule has 0 radical (unpaired) electrons. The second kappa shape index (κ2) is 18.2. The number of allylic oxidation sites excluding steroid dienone is 1. The van der Waals surface area contributed by atoms with E-state index in [9.17, 15) is 15.0 Å². The summed E-state index contributed by atoms with van der Waals surface area (Å²) in [6.45, 7) is 1.93. The first kappa shape index (κ1) is 37.9. The highest BCUT2D eigenvalue weighted by Gasteiger charge is 2.32. The molecule has 3 atom stereocenters. The van der Waals surface area contributed by atoms with E-state index in [0.717, 1.165) is 0 Å². The molecule has 0 aromatic heterocycles. The van der Waals surface area contributed by atoms with Gasteiger partial charge in [0.25, 0.3) is 0 Å². The number of hydrogen-bond donors (Lipinski definition) is 4. The third-order valence-corrected chi connectivity index (χ3v) is 8.14. The molecule has 0 bridgehead atoms. The van der Waals surface area contributed by atoms with E-state index in [4.69, 9.17) is 33.4 Å². The van der Waals surface area contributed by atoms with Crippen molar-refractivity contribution in [3.63, 3.8) is 0 Å². The van der Waals surface area contributed by atoms with Crippen molar-refractivity contribution < 1.29 is 25.2 Å². The highest BCUT2D eigenvalue weighted by Crippen LogP contribution is 2.35. The normalized spacial score (nSPS) is 15.3. The molecule has 5 nitrogen and oxygen atoms in total. The Balaban J connectivity index is 0.000000488. The largest absolute Gasteiger partial charge is 0.397 e. The summed E-state index contributed by atoms with van der Waals surface area (Å²) in [6, 6.07) is 40.1. The smallest absolute Gasteiger partial charge is 0.178 e. The van der Waals surface area contributed by atoms with Crippen LogP contribution >= 0.6 is 23.2 Å². The van der Waals surface area contributed by atoms with Gasteiger partial charge in [0.2, 0.25) is 0 Å². The molecule has 4 N–H and O–H groups in total. The standard InChI is InChI=1S/C36H24Cl2O2.C5H6O2.C2H6O/c37-33-17-9-7-15-31(33)35(39,29-11-3-1-4-12-29)25-23-27-19-21-28(22-20-27)24-26-36(40,30-13-5-2-6-14-30)32-16-8-10-18-34(32)38;6-4-1-2-5(7)3-4;1-2-3/h1-22,39-40H;1-2,4,6H,3H2;3H,2H2,1H3. The van der Waals surface area contributed by atoms with Gasteiger partial charge in [0.1, 0.15) is 0 Å². The number of ketones is 1. The minimum absolute atomic E-state index is 0.0208. The van der Waals surface area contributed by atoms with Crippen LogP contribution in [0.4, 0.5) is 0 Å². The molecule has 5 aromatic carbocycles. The quantitative estimate of drug-likeness (QED) is 0.146. The third kappa shape index (κ3) is 9.82. The van der Waals surface area contributed by atoms with Gasteiger partial charge in [-0.05, 0) is 49.4 Å². The molecule has 0 saturated heterocycles.